The fraction of sp³-hybridized carbons (Fsp3) is 0.636. The van der Waals surface area contributed by atoms with Crippen LogP contribution in [0.4, 0.5) is 0 Å². The van der Waals surface area contributed by atoms with Crippen LogP contribution in [0.15, 0.2) is 5.51 Å². The first-order valence-electron chi connectivity index (χ1n) is 5.97. The maximum absolute atomic E-state index is 11.8. The van der Waals surface area contributed by atoms with Gasteiger partial charge in [0.05, 0.1) is 17.0 Å². The summed E-state index contributed by atoms with van der Waals surface area (Å²) in [6.45, 7) is 3.63. The number of hydrogen-bond donors (Lipinski definition) is 2. The predicted molar refractivity (Wildman–Crippen MR) is 73.8 cm³/mol. The van der Waals surface area contributed by atoms with Gasteiger partial charge in [-0.05, 0) is 19.8 Å². The van der Waals surface area contributed by atoms with Crippen LogP contribution in [0.1, 0.15) is 30.3 Å². The highest BCUT2D eigenvalue weighted by Gasteiger charge is 2.23. The van der Waals surface area contributed by atoms with E-state index >= 15 is 0 Å². The second-order valence-electron chi connectivity index (χ2n) is 4.23. The minimum atomic E-state index is -3.59. The molecule has 19 heavy (non-hydrogen) atoms. The summed E-state index contributed by atoms with van der Waals surface area (Å²) in [5.41, 5.74) is 2.49. The average molecular weight is 306 g/mol. The SMILES string of the molecule is CCCC(NS(=O)(=O)CCc1scnc1C)C(=O)O. The number of hydrogen-bond acceptors (Lipinski definition) is 5. The second-order valence-corrected chi connectivity index (χ2v) is 7.04. The van der Waals surface area contributed by atoms with E-state index in [2.05, 4.69) is 9.71 Å². The Labute approximate surface area is 116 Å². The third-order valence-electron chi connectivity index (χ3n) is 2.64. The maximum Gasteiger partial charge on any atom is 0.321 e. The van der Waals surface area contributed by atoms with Gasteiger partial charge in [-0.1, -0.05) is 13.3 Å². The van der Waals surface area contributed by atoms with Gasteiger partial charge in [0.15, 0.2) is 0 Å². The normalized spacial score (nSPS) is 13.4. The van der Waals surface area contributed by atoms with E-state index in [1.807, 2.05) is 13.8 Å². The van der Waals surface area contributed by atoms with E-state index in [4.69, 9.17) is 5.11 Å². The molecule has 0 aliphatic carbocycles. The van der Waals surface area contributed by atoms with E-state index in [0.717, 1.165) is 10.6 Å². The quantitative estimate of drug-likeness (QED) is 0.751. The highest BCUT2D eigenvalue weighted by Crippen LogP contribution is 2.13. The van der Waals surface area contributed by atoms with Crippen LogP contribution < -0.4 is 4.72 Å². The zero-order chi connectivity index (χ0) is 14.5. The molecule has 1 aromatic heterocycles. The summed E-state index contributed by atoms with van der Waals surface area (Å²) in [6, 6.07) is -1.04. The Morgan fingerprint density at radius 3 is 2.74 bits per heavy atom. The van der Waals surface area contributed by atoms with E-state index < -0.39 is 22.0 Å². The van der Waals surface area contributed by atoms with Gasteiger partial charge in [-0.25, -0.2) is 18.1 Å². The number of thiazole rings is 1. The molecule has 0 amide bonds. The molecular formula is C11H18N2O4S2. The highest BCUT2D eigenvalue weighted by atomic mass is 32.2. The zero-order valence-corrected chi connectivity index (χ0v) is 12.6. The molecule has 6 nitrogen and oxygen atoms in total. The molecule has 0 radical (unpaired) electrons. The van der Waals surface area contributed by atoms with Crippen molar-refractivity contribution in [3.05, 3.63) is 16.1 Å². The zero-order valence-electron chi connectivity index (χ0n) is 10.9. The monoisotopic (exact) mass is 306 g/mol. The molecule has 0 saturated heterocycles. The van der Waals surface area contributed by atoms with Crippen LogP contribution >= 0.6 is 11.3 Å². The molecule has 1 unspecified atom stereocenters. The lowest BCUT2D eigenvalue weighted by atomic mass is 10.2. The van der Waals surface area contributed by atoms with E-state index in [0.29, 0.717) is 12.8 Å². The minimum Gasteiger partial charge on any atom is -0.480 e. The molecule has 1 rings (SSSR count). The molecule has 1 heterocycles. The summed E-state index contributed by atoms with van der Waals surface area (Å²) >= 11 is 1.41. The standard InChI is InChI=1S/C11H18N2O4S2/c1-3-4-9(11(14)15)13-19(16,17)6-5-10-8(2)12-7-18-10/h7,9,13H,3-6H2,1-2H3,(H,14,15). The van der Waals surface area contributed by atoms with E-state index in [9.17, 15) is 13.2 Å². The molecule has 1 atom stereocenters. The minimum absolute atomic E-state index is 0.122. The van der Waals surface area contributed by atoms with Crippen LogP contribution in [0.25, 0.3) is 0 Å². The van der Waals surface area contributed by atoms with Gasteiger partial charge in [-0.2, -0.15) is 0 Å². The van der Waals surface area contributed by atoms with Crippen molar-refractivity contribution in [3.63, 3.8) is 0 Å². The molecule has 0 aliphatic rings. The summed E-state index contributed by atoms with van der Waals surface area (Å²) in [7, 11) is -3.59. The van der Waals surface area contributed by atoms with Gasteiger partial charge in [0.25, 0.3) is 0 Å². The third-order valence-corrected chi connectivity index (χ3v) is 5.02. The van der Waals surface area contributed by atoms with Crippen molar-refractivity contribution in [2.45, 2.75) is 39.2 Å². The van der Waals surface area contributed by atoms with Crippen LogP contribution in [-0.2, 0) is 21.2 Å². The van der Waals surface area contributed by atoms with Crippen LogP contribution in [0, 0.1) is 6.92 Å². The van der Waals surface area contributed by atoms with E-state index in [1.165, 1.54) is 11.3 Å². The Morgan fingerprint density at radius 2 is 2.26 bits per heavy atom. The number of rotatable bonds is 8. The van der Waals surface area contributed by atoms with Crippen molar-refractivity contribution in [3.8, 4) is 0 Å². The molecule has 0 spiro atoms. The van der Waals surface area contributed by atoms with Crippen molar-refractivity contribution in [1.82, 2.24) is 9.71 Å². The molecular weight excluding hydrogens is 288 g/mol. The van der Waals surface area contributed by atoms with Gasteiger partial charge in [0.2, 0.25) is 10.0 Å². The Balaban J connectivity index is 2.60. The number of carboxylic acid groups (broad SMARTS) is 1. The van der Waals surface area contributed by atoms with Crippen molar-refractivity contribution >= 4 is 27.3 Å². The smallest absolute Gasteiger partial charge is 0.321 e. The van der Waals surface area contributed by atoms with E-state index in [-0.39, 0.29) is 12.2 Å². The largest absolute Gasteiger partial charge is 0.480 e. The van der Waals surface area contributed by atoms with Gasteiger partial charge < -0.3 is 5.11 Å². The molecule has 0 aromatic carbocycles. The Kier molecular flexibility index (Phi) is 5.89. The topological polar surface area (TPSA) is 96.4 Å². The predicted octanol–water partition coefficient (Wildman–Crippen LogP) is 1.17. The number of aryl methyl sites for hydroxylation is 2. The van der Waals surface area contributed by atoms with Crippen molar-refractivity contribution in [2.24, 2.45) is 0 Å². The Morgan fingerprint density at radius 1 is 1.58 bits per heavy atom. The number of nitrogens with zero attached hydrogens (tertiary/aromatic N) is 1. The molecule has 0 saturated carbocycles. The van der Waals surface area contributed by atoms with Crippen molar-refractivity contribution < 1.29 is 18.3 Å². The van der Waals surface area contributed by atoms with Crippen LogP contribution in [-0.4, -0.2) is 36.3 Å². The van der Waals surface area contributed by atoms with Crippen LogP contribution in [0.3, 0.4) is 0 Å². The van der Waals surface area contributed by atoms with Gasteiger partial charge in [0, 0.05) is 4.88 Å². The molecule has 0 fully saturated rings. The van der Waals surface area contributed by atoms with Crippen LogP contribution in [0.5, 0.6) is 0 Å². The first-order chi connectivity index (χ1) is 8.85. The summed E-state index contributed by atoms with van der Waals surface area (Å²) in [5.74, 6) is -1.26. The molecule has 2 N–H and O–H groups in total. The van der Waals surface area contributed by atoms with Gasteiger partial charge in [-0.3, -0.25) is 4.79 Å². The fourth-order valence-electron chi connectivity index (χ4n) is 1.59. The van der Waals surface area contributed by atoms with Gasteiger partial charge in [0.1, 0.15) is 6.04 Å². The Hall–Kier alpha value is -0.990. The number of carboxylic acids is 1. The average Bonchev–Trinajstić information content (AvgIpc) is 2.71. The van der Waals surface area contributed by atoms with Crippen molar-refractivity contribution in [2.75, 3.05) is 5.75 Å². The number of aliphatic carboxylic acids is 1. The first-order valence-corrected chi connectivity index (χ1v) is 8.50. The lowest BCUT2D eigenvalue weighted by Crippen LogP contribution is -2.41. The number of sulfonamides is 1. The summed E-state index contributed by atoms with van der Waals surface area (Å²) in [5, 5.41) is 8.93. The summed E-state index contributed by atoms with van der Waals surface area (Å²) in [6.07, 6.45) is 1.24. The van der Waals surface area contributed by atoms with Gasteiger partial charge in [-0.15, -0.1) is 11.3 Å². The number of nitrogens with one attached hydrogen (secondary N) is 1. The number of aromatic nitrogens is 1. The van der Waals surface area contributed by atoms with E-state index in [1.54, 1.807) is 5.51 Å². The van der Waals surface area contributed by atoms with Crippen molar-refractivity contribution in [1.29, 1.82) is 0 Å². The number of carbonyl (C=O) groups is 1. The maximum atomic E-state index is 11.8. The molecule has 8 heteroatoms. The van der Waals surface area contributed by atoms with Crippen LogP contribution in [0.2, 0.25) is 0 Å². The molecule has 0 aliphatic heterocycles. The Bertz CT molecular complexity index is 525. The fourth-order valence-corrected chi connectivity index (χ4v) is 3.74. The second kappa shape index (κ2) is 6.97. The lowest BCUT2D eigenvalue weighted by Gasteiger charge is -2.13. The first kappa shape index (κ1) is 16.1. The molecule has 0 bridgehead atoms. The summed E-state index contributed by atoms with van der Waals surface area (Å²) in [4.78, 5) is 15.9. The molecule has 108 valence electrons. The molecule has 1 aromatic rings. The summed E-state index contributed by atoms with van der Waals surface area (Å²) < 4.78 is 25.9. The third kappa shape index (κ3) is 5.25. The highest BCUT2D eigenvalue weighted by molar-refractivity contribution is 7.89. The van der Waals surface area contributed by atoms with Gasteiger partial charge >= 0.3 is 5.97 Å². The lowest BCUT2D eigenvalue weighted by molar-refractivity contribution is -0.139.